The normalized spacial score (nSPS) is 19.6. The van der Waals surface area contributed by atoms with Gasteiger partial charge in [0.15, 0.2) is 11.5 Å². The van der Waals surface area contributed by atoms with Gasteiger partial charge in [0.1, 0.15) is 13.2 Å². The first-order chi connectivity index (χ1) is 11.4. The Morgan fingerprint density at radius 1 is 0.957 bits per heavy atom. The van der Waals surface area contributed by atoms with E-state index in [0.717, 1.165) is 24.5 Å². The summed E-state index contributed by atoms with van der Waals surface area (Å²) >= 11 is 0. The van der Waals surface area contributed by atoms with Crippen molar-refractivity contribution in [1.29, 1.82) is 0 Å². The Morgan fingerprint density at radius 2 is 1.83 bits per heavy atom. The van der Waals surface area contributed by atoms with Gasteiger partial charge in [0, 0.05) is 23.1 Å². The molecule has 23 heavy (non-hydrogen) atoms. The molecule has 0 amide bonds. The van der Waals surface area contributed by atoms with E-state index >= 15 is 0 Å². The largest absolute Gasteiger partial charge is 0.486 e. The minimum atomic E-state index is 0.168. The monoisotopic (exact) mass is 306 g/mol. The molecule has 0 aliphatic carbocycles. The van der Waals surface area contributed by atoms with E-state index in [1.165, 1.54) is 27.7 Å². The number of H-pyrrole nitrogens is 1. The molecule has 2 aliphatic rings. The minimum absolute atomic E-state index is 0.168. The second-order valence-electron chi connectivity index (χ2n) is 6.10. The molecule has 3 aromatic rings. The fraction of sp³-hybridized carbons (Fsp3) is 0.263. The summed E-state index contributed by atoms with van der Waals surface area (Å²) in [6, 6.07) is 15.0. The highest BCUT2D eigenvalue weighted by atomic mass is 16.6. The third-order valence-corrected chi connectivity index (χ3v) is 4.76. The number of nitrogens with one attached hydrogen (secondary N) is 2. The van der Waals surface area contributed by atoms with Crippen molar-refractivity contribution in [3.05, 3.63) is 59.3 Å². The molecule has 1 atom stereocenters. The number of para-hydroxylation sites is 1. The van der Waals surface area contributed by atoms with Crippen molar-refractivity contribution in [2.45, 2.75) is 12.5 Å². The lowest BCUT2D eigenvalue weighted by molar-refractivity contribution is 0.171. The summed E-state index contributed by atoms with van der Waals surface area (Å²) < 4.78 is 11.4. The van der Waals surface area contributed by atoms with Gasteiger partial charge in [0.25, 0.3) is 0 Å². The zero-order valence-electron chi connectivity index (χ0n) is 12.8. The first-order valence-electron chi connectivity index (χ1n) is 8.12. The molecule has 5 rings (SSSR count). The number of rotatable bonds is 1. The van der Waals surface area contributed by atoms with Gasteiger partial charge in [-0.15, -0.1) is 0 Å². The molecule has 0 unspecified atom stereocenters. The predicted molar refractivity (Wildman–Crippen MR) is 89.3 cm³/mol. The smallest absolute Gasteiger partial charge is 0.161 e. The molecule has 0 spiro atoms. The minimum Gasteiger partial charge on any atom is -0.486 e. The third-order valence-electron chi connectivity index (χ3n) is 4.76. The molecular formula is C19H18N2O2. The standard InChI is InChI=1S/C19H18N2O2/c1-2-4-15-13(3-1)14-7-8-20-18(19(14)21-15)12-5-6-16-17(11-12)23-10-9-22-16/h1-6,11,18,20-21H,7-10H2/t18-/m0/s1. The summed E-state index contributed by atoms with van der Waals surface area (Å²) in [5.41, 5.74) is 5.12. The molecule has 4 nitrogen and oxygen atoms in total. The van der Waals surface area contributed by atoms with Crippen LogP contribution in [0, 0.1) is 0 Å². The maximum atomic E-state index is 5.74. The third kappa shape index (κ3) is 2.02. The van der Waals surface area contributed by atoms with Crippen molar-refractivity contribution in [1.82, 2.24) is 10.3 Å². The summed E-state index contributed by atoms with van der Waals surface area (Å²) in [5, 5.41) is 4.97. The van der Waals surface area contributed by atoms with Crippen molar-refractivity contribution < 1.29 is 9.47 Å². The molecule has 0 bridgehead atoms. The van der Waals surface area contributed by atoms with Crippen LogP contribution < -0.4 is 14.8 Å². The van der Waals surface area contributed by atoms with Crippen molar-refractivity contribution >= 4 is 10.9 Å². The number of hydrogen-bond donors (Lipinski definition) is 2. The average molecular weight is 306 g/mol. The number of ether oxygens (including phenoxy) is 2. The van der Waals surface area contributed by atoms with E-state index in [1.54, 1.807) is 0 Å². The SMILES string of the molecule is c1ccc2c3c([nH]c2c1)[C@H](c1ccc2c(c1)OCCO2)NCC3. The molecule has 0 saturated carbocycles. The molecule has 4 heteroatoms. The highest BCUT2D eigenvalue weighted by Crippen LogP contribution is 2.37. The van der Waals surface area contributed by atoms with Crippen molar-refractivity contribution in [2.75, 3.05) is 19.8 Å². The molecule has 2 N–H and O–H groups in total. The molecular weight excluding hydrogens is 288 g/mol. The van der Waals surface area contributed by atoms with Gasteiger partial charge < -0.3 is 19.8 Å². The molecule has 2 aliphatic heterocycles. The zero-order chi connectivity index (χ0) is 15.2. The zero-order valence-corrected chi connectivity index (χ0v) is 12.8. The number of fused-ring (bicyclic) bond motifs is 4. The first kappa shape index (κ1) is 13.0. The van der Waals surface area contributed by atoms with Crippen molar-refractivity contribution in [3.8, 4) is 11.5 Å². The summed E-state index contributed by atoms with van der Waals surface area (Å²) in [6.45, 7) is 2.22. The molecule has 2 aromatic carbocycles. The maximum absolute atomic E-state index is 5.74. The van der Waals surface area contributed by atoms with E-state index < -0.39 is 0 Å². The van der Waals surface area contributed by atoms with Crippen LogP contribution in [0.3, 0.4) is 0 Å². The molecule has 0 saturated heterocycles. The highest BCUT2D eigenvalue weighted by Gasteiger charge is 2.26. The van der Waals surface area contributed by atoms with Crippen LogP contribution in [0.4, 0.5) is 0 Å². The van der Waals surface area contributed by atoms with Gasteiger partial charge in [-0.2, -0.15) is 0 Å². The Labute approximate surface area is 134 Å². The molecule has 0 radical (unpaired) electrons. The van der Waals surface area contributed by atoms with Crippen LogP contribution in [-0.2, 0) is 6.42 Å². The van der Waals surface area contributed by atoms with Gasteiger partial charge in [0.05, 0.1) is 6.04 Å². The van der Waals surface area contributed by atoms with E-state index in [2.05, 4.69) is 46.7 Å². The Balaban J connectivity index is 1.63. The van der Waals surface area contributed by atoms with Gasteiger partial charge >= 0.3 is 0 Å². The number of aromatic amines is 1. The van der Waals surface area contributed by atoms with Gasteiger partial charge in [-0.1, -0.05) is 24.3 Å². The molecule has 0 fully saturated rings. The van der Waals surface area contributed by atoms with Crippen LogP contribution in [0.5, 0.6) is 11.5 Å². The lowest BCUT2D eigenvalue weighted by atomic mass is 9.94. The van der Waals surface area contributed by atoms with Crippen molar-refractivity contribution in [3.63, 3.8) is 0 Å². The van der Waals surface area contributed by atoms with E-state index in [1.807, 2.05) is 6.07 Å². The second-order valence-corrected chi connectivity index (χ2v) is 6.10. The van der Waals surface area contributed by atoms with E-state index in [0.29, 0.717) is 13.2 Å². The number of benzene rings is 2. The van der Waals surface area contributed by atoms with Crippen LogP contribution in [0.25, 0.3) is 10.9 Å². The lowest BCUT2D eigenvalue weighted by Crippen LogP contribution is -2.30. The molecule has 116 valence electrons. The van der Waals surface area contributed by atoms with E-state index in [9.17, 15) is 0 Å². The van der Waals surface area contributed by atoms with Gasteiger partial charge in [-0.25, -0.2) is 0 Å². The van der Waals surface area contributed by atoms with E-state index in [-0.39, 0.29) is 6.04 Å². The summed E-state index contributed by atoms with van der Waals surface area (Å²) in [4.78, 5) is 3.61. The average Bonchev–Trinajstić information content (AvgIpc) is 3.00. The van der Waals surface area contributed by atoms with Gasteiger partial charge in [0.2, 0.25) is 0 Å². The van der Waals surface area contributed by atoms with Gasteiger partial charge in [-0.3, -0.25) is 0 Å². The van der Waals surface area contributed by atoms with Gasteiger partial charge in [-0.05, 0) is 35.7 Å². The van der Waals surface area contributed by atoms with E-state index in [4.69, 9.17) is 9.47 Å². The lowest BCUT2D eigenvalue weighted by Gasteiger charge is -2.26. The molecule has 3 heterocycles. The van der Waals surface area contributed by atoms with Crippen LogP contribution in [0.1, 0.15) is 22.9 Å². The predicted octanol–water partition coefficient (Wildman–Crippen LogP) is 3.17. The van der Waals surface area contributed by atoms with Crippen LogP contribution in [0.15, 0.2) is 42.5 Å². The molecule has 1 aromatic heterocycles. The highest BCUT2D eigenvalue weighted by molar-refractivity contribution is 5.85. The Hall–Kier alpha value is -2.46. The number of aromatic nitrogens is 1. The Kier molecular flexibility index (Phi) is 2.85. The second kappa shape index (κ2) is 5.03. The van der Waals surface area contributed by atoms with Crippen LogP contribution >= 0.6 is 0 Å². The Morgan fingerprint density at radius 3 is 2.78 bits per heavy atom. The van der Waals surface area contributed by atoms with Crippen LogP contribution in [0.2, 0.25) is 0 Å². The fourth-order valence-corrected chi connectivity index (χ4v) is 3.70. The summed E-state index contributed by atoms with van der Waals surface area (Å²) in [6.07, 6.45) is 1.06. The van der Waals surface area contributed by atoms with Crippen LogP contribution in [-0.4, -0.2) is 24.7 Å². The van der Waals surface area contributed by atoms with Crippen molar-refractivity contribution in [2.24, 2.45) is 0 Å². The topological polar surface area (TPSA) is 46.3 Å². The summed E-state index contributed by atoms with van der Waals surface area (Å²) in [5.74, 6) is 1.69. The fourth-order valence-electron chi connectivity index (χ4n) is 3.70. The number of hydrogen-bond acceptors (Lipinski definition) is 3. The first-order valence-corrected chi connectivity index (χ1v) is 8.12. The maximum Gasteiger partial charge on any atom is 0.161 e. The Bertz CT molecular complexity index is 884. The summed E-state index contributed by atoms with van der Waals surface area (Å²) in [7, 11) is 0. The quantitative estimate of drug-likeness (QED) is 0.726.